The van der Waals surface area contributed by atoms with Crippen molar-refractivity contribution in [1.82, 2.24) is 4.90 Å². The van der Waals surface area contributed by atoms with Crippen LogP contribution in [0.1, 0.15) is 73.5 Å². The second-order valence-electron chi connectivity index (χ2n) is 11.1. The highest BCUT2D eigenvalue weighted by Gasteiger charge is 2.41. The van der Waals surface area contributed by atoms with Gasteiger partial charge in [-0.1, -0.05) is 93.6 Å². The molecule has 1 saturated heterocycles. The number of ketones is 1. The molecule has 0 saturated carbocycles. The minimum Gasteiger partial charge on any atom is -0.508 e. The highest BCUT2D eigenvalue weighted by Crippen LogP contribution is 2.42. The van der Waals surface area contributed by atoms with E-state index >= 15 is 0 Å². The molecule has 0 aromatic heterocycles. The number of likely N-dealkylation sites (tertiary alicyclic amines) is 1. The predicted molar refractivity (Wildman–Crippen MR) is 153 cm³/mol. The van der Waals surface area contributed by atoms with Crippen molar-refractivity contribution >= 4 is 18.2 Å². The first kappa shape index (κ1) is 28.9. The molecule has 1 fully saturated rings. The first-order chi connectivity index (χ1) is 17.2. The zero-order valence-corrected chi connectivity index (χ0v) is 23.0. The largest absolute Gasteiger partial charge is 0.508 e. The summed E-state index contributed by atoms with van der Waals surface area (Å²) in [5, 5.41) is 22.4. The topological polar surface area (TPSA) is 60.8 Å². The molecule has 2 N–H and O–H groups in total. The van der Waals surface area contributed by atoms with Gasteiger partial charge in [0.25, 0.3) is 0 Å². The maximum Gasteiger partial charge on any atom is 0.163 e. The van der Waals surface area contributed by atoms with Crippen molar-refractivity contribution in [3.8, 4) is 5.75 Å². The Morgan fingerprint density at radius 2 is 1.43 bits per heavy atom. The number of hydrogen-bond acceptors (Lipinski definition) is 4. The first-order valence-electron chi connectivity index (χ1n) is 13.1. The molecule has 3 aromatic carbocycles. The Hall–Kier alpha value is -2.66. The summed E-state index contributed by atoms with van der Waals surface area (Å²) in [4.78, 5) is 15.1. The SMILES string of the molecule is CC(C)(C)c1ccc(C(=O)CCCN2CCC(C(O)(c3ccccc3)c3ccccc3)CC2)cc1O.Cl. The average Bonchev–Trinajstić information content (AvgIpc) is 2.89. The number of nitrogens with zero attached hydrogens (tertiary/aromatic N) is 1. The highest BCUT2D eigenvalue weighted by atomic mass is 35.5. The van der Waals surface area contributed by atoms with Gasteiger partial charge in [0.15, 0.2) is 5.78 Å². The highest BCUT2D eigenvalue weighted by molar-refractivity contribution is 5.96. The van der Waals surface area contributed by atoms with Crippen molar-refractivity contribution in [2.24, 2.45) is 5.92 Å². The number of hydrogen-bond donors (Lipinski definition) is 2. The van der Waals surface area contributed by atoms with E-state index in [9.17, 15) is 15.0 Å². The van der Waals surface area contributed by atoms with E-state index in [4.69, 9.17) is 0 Å². The van der Waals surface area contributed by atoms with Crippen molar-refractivity contribution < 1.29 is 15.0 Å². The van der Waals surface area contributed by atoms with Gasteiger partial charge in [-0.3, -0.25) is 4.79 Å². The smallest absolute Gasteiger partial charge is 0.163 e. The molecule has 5 heteroatoms. The molecule has 1 aliphatic rings. The lowest BCUT2D eigenvalue weighted by molar-refractivity contribution is -0.0142. The number of aromatic hydroxyl groups is 1. The number of piperidine rings is 1. The van der Waals surface area contributed by atoms with Crippen LogP contribution >= 0.6 is 12.4 Å². The van der Waals surface area contributed by atoms with Gasteiger partial charge in [-0.05, 0) is 73.0 Å². The summed E-state index contributed by atoms with van der Waals surface area (Å²) in [6, 6.07) is 25.4. The fraction of sp³-hybridized carbons (Fsp3) is 0.406. The number of phenols is 1. The Labute approximate surface area is 227 Å². The molecule has 0 aliphatic carbocycles. The number of Topliss-reactive ketones (excluding diaryl/α,β-unsaturated/α-hetero) is 1. The molecule has 37 heavy (non-hydrogen) atoms. The number of carbonyl (C=O) groups excluding carboxylic acids is 1. The van der Waals surface area contributed by atoms with Crippen LogP contribution in [-0.4, -0.2) is 40.5 Å². The zero-order valence-electron chi connectivity index (χ0n) is 22.2. The third-order valence-electron chi connectivity index (χ3n) is 7.61. The van der Waals surface area contributed by atoms with Gasteiger partial charge < -0.3 is 15.1 Å². The van der Waals surface area contributed by atoms with Crippen LogP contribution in [0, 0.1) is 5.92 Å². The Morgan fingerprint density at radius 1 is 0.892 bits per heavy atom. The molecule has 4 rings (SSSR count). The van der Waals surface area contributed by atoms with E-state index in [2.05, 4.69) is 4.90 Å². The van der Waals surface area contributed by atoms with E-state index < -0.39 is 5.60 Å². The van der Waals surface area contributed by atoms with Crippen LogP contribution in [0.3, 0.4) is 0 Å². The van der Waals surface area contributed by atoms with Gasteiger partial charge in [-0.25, -0.2) is 0 Å². The minimum absolute atomic E-state index is 0. The molecule has 0 unspecified atom stereocenters. The van der Waals surface area contributed by atoms with Crippen LogP contribution in [0.5, 0.6) is 5.75 Å². The van der Waals surface area contributed by atoms with Gasteiger partial charge in [0.2, 0.25) is 0 Å². The summed E-state index contributed by atoms with van der Waals surface area (Å²) in [6.07, 6.45) is 3.05. The Morgan fingerprint density at radius 3 is 1.92 bits per heavy atom. The molecular formula is C32H40ClNO3. The number of benzene rings is 3. The molecule has 0 bridgehead atoms. The van der Waals surface area contributed by atoms with Gasteiger partial charge in [0.05, 0.1) is 0 Å². The maximum absolute atomic E-state index is 12.7. The van der Waals surface area contributed by atoms with E-state index in [0.29, 0.717) is 12.0 Å². The molecule has 3 aromatic rings. The van der Waals surface area contributed by atoms with Crippen molar-refractivity contribution in [2.45, 2.75) is 57.5 Å². The van der Waals surface area contributed by atoms with Crippen LogP contribution in [0.2, 0.25) is 0 Å². The predicted octanol–water partition coefficient (Wildman–Crippen LogP) is 6.72. The number of halogens is 1. The Balaban J connectivity index is 0.00000380. The quantitative estimate of drug-likeness (QED) is 0.323. The van der Waals surface area contributed by atoms with Crippen molar-refractivity contribution in [2.75, 3.05) is 19.6 Å². The number of carbonyl (C=O) groups is 1. The lowest BCUT2D eigenvalue weighted by Gasteiger charge is -2.42. The van der Waals surface area contributed by atoms with Crippen LogP contribution in [-0.2, 0) is 11.0 Å². The molecule has 1 heterocycles. The Kier molecular flexibility index (Phi) is 9.57. The summed E-state index contributed by atoms with van der Waals surface area (Å²) in [6.45, 7) is 8.82. The molecule has 1 aliphatic heterocycles. The van der Waals surface area contributed by atoms with E-state index in [1.165, 1.54) is 0 Å². The fourth-order valence-electron chi connectivity index (χ4n) is 5.54. The van der Waals surface area contributed by atoms with Gasteiger partial charge in [0, 0.05) is 12.0 Å². The zero-order chi connectivity index (χ0) is 25.8. The number of phenolic OH excluding ortho intramolecular Hbond substituents is 1. The summed E-state index contributed by atoms with van der Waals surface area (Å²) in [5.74, 6) is 0.396. The van der Waals surface area contributed by atoms with E-state index in [-0.39, 0.29) is 35.3 Å². The molecule has 4 nitrogen and oxygen atoms in total. The molecule has 0 atom stereocenters. The molecule has 0 radical (unpaired) electrons. The third kappa shape index (κ3) is 6.62. The Bertz CT molecular complexity index is 1110. The van der Waals surface area contributed by atoms with Crippen molar-refractivity contribution in [3.05, 3.63) is 101 Å². The molecule has 0 spiro atoms. The van der Waals surface area contributed by atoms with Crippen molar-refractivity contribution in [3.63, 3.8) is 0 Å². The third-order valence-corrected chi connectivity index (χ3v) is 7.61. The summed E-state index contributed by atoms with van der Waals surface area (Å²) >= 11 is 0. The molecule has 198 valence electrons. The standard InChI is InChI=1S/C32H39NO3.ClH/c1-31(2,3)28-17-16-24(23-30(28)35)29(34)15-10-20-33-21-18-27(19-22-33)32(36,25-11-6-4-7-12-25)26-13-8-5-9-14-26;/h4-9,11-14,16-17,23,27,35-36H,10,15,18-22H2,1-3H3;1H. The van der Waals surface area contributed by atoms with Gasteiger partial charge >= 0.3 is 0 Å². The fourth-order valence-corrected chi connectivity index (χ4v) is 5.54. The van der Waals surface area contributed by atoms with Gasteiger partial charge in [-0.2, -0.15) is 0 Å². The summed E-state index contributed by atoms with van der Waals surface area (Å²) in [7, 11) is 0. The number of rotatable bonds is 8. The van der Waals surface area contributed by atoms with Gasteiger partial charge in [-0.15, -0.1) is 12.4 Å². The van der Waals surface area contributed by atoms with E-state index in [1.54, 1.807) is 6.07 Å². The lowest BCUT2D eigenvalue weighted by atomic mass is 9.72. The first-order valence-corrected chi connectivity index (χ1v) is 13.1. The van der Waals surface area contributed by atoms with E-state index in [1.807, 2.05) is 93.6 Å². The van der Waals surface area contributed by atoms with Gasteiger partial charge in [0.1, 0.15) is 11.4 Å². The minimum atomic E-state index is -1.01. The second-order valence-corrected chi connectivity index (χ2v) is 11.1. The van der Waals surface area contributed by atoms with Crippen molar-refractivity contribution in [1.29, 1.82) is 0 Å². The van der Waals surface area contributed by atoms with E-state index in [0.717, 1.165) is 55.6 Å². The number of aliphatic hydroxyl groups is 1. The normalized spacial score (nSPS) is 15.2. The maximum atomic E-state index is 12.7. The summed E-state index contributed by atoms with van der Waals surface area (Å²) < 4.78 is 0. The monoisotopic (exact) mass is 521 g/mol. The average molecular weight is 522 g/mol. The van der Waals surface area contributed by atoms with Crippen LogP contribution in [0.25, 0.3) is 0 Å². The van der Waals surface area contributed by atoms with Crippen LogP contribution < -0.4 is 0 Å². The van der Waals surface area contributed by atoms with Crippen LogP contribution in [0.15, 0.2) is 78.9 Å². The van der Waals surface area contributed by atoms with Crippen LogP contribution in [0.4, 0.5) is 0 Å². The molecule has 0 amide bonds. The second kappa shape index (κ2) is 12.3. The summed E-state index contributed by atoms with van der Waals surface area (Å²) in [5.41, 5.74) is 2.15. The molecular weight excluding hydrogens is 482 g/mol. The lowest BCUT2D eigenvalue weighted by Crippen LogP contribution is -2.44.